The van der Waals surface area contributed by atoms with E-state index in [-0.39, 0.29) is 5.56 Å². The van der Waals surface area contributed by atoms with Gasteiger partial charge in [0.05, 0.1) is 5.69 Å². The van der Waals surface area contributed by atoms with Crippen LogP contribution in [-0.4, -0.2) is 20.8 Å². The Bertz CT molecular complexity index is 1190. The number of nitrogens with zero attached hydrogens (tertiary/aromatic N) is 2. The number of H-pyrrole nitrogens is 1. The highest BCUT2D eigenvalue weighted by Gasteiger charge is 2.18. The van der Waals surface area contributed by atoms with Gasteiger partial charge >= 0.3 is 0 Å². The molecule has 5 heteroatoms. The van der Waals surface area contributed by atoms with Gasteiger partial charge in [0.1, 0.15) is 11.3 Å². The molecule has 2 aromatic carbocycles. The van der Waals surface area contributed by atoms with E-state index in [1.807, 2.05) is 59.3 Å². The normalized spacial score (nSPS) is 14.9. The van der Waals surface area contributed by atoms with Gasteiger partial charge in [-0.15, -0.1) is 0 Å². The summed E-state index contributed by atoms with van der Waals surface area (Å²) in [4.78, 5) is 16.0. The Morgan fingerprint density at radius 3 is 2.40 bits per heavy atom. The van der Waals surface area contributed by atoms with Gasteiger partial charge in [0.2, 0.25) is 0 Å². The number of benzene rings is 2. The summed E-state index contributed by atoms with van der Waals surface area (Å²) in [5.74, 6) is 0. The molecule has 2 N–H and O–H groups in total. The molecule has 0 spiro atoms. The molecule has 5 nitrogen and oxygen atoms in total. The number of pyridine rings is 1. The van der Waals surface area contributed by atoms with Gasteiger partial charge in [-0.05, 0) is 31.0 Å². The number of hydrogen-bond acceptors (Lipinski definition) is 3. The van der Waals surface area contributed by atoms with Crippen LogP contribution >= 0.6 is 0 Å². The third kappa shape index (κ3) is 3.68. The molecule has 0 bridgehead atoms. The second-order valence-electron chi connectivity index (χ2n) is 8.06. The molecule has 152 valence electrons. The number of hydrogen-bond donors (Lipinski definition) is 2. The fourth-order valence-corrected chi connectivity index (χ4v) is 4.37. The Morgan fingerprint density at radius 2 is 1.67 bits per heavy atom. The summed E-state index contributed by atoms with van der Waals surface area (Å²) in [6.07, 6.45) is 6.26. The number of rotatable bonds is 5. The Kier molecular flexibility index (Phi) is 5.20. The lowest BCUT2D eigenvalue weighted by Crippen LogP contribution is -2.32. The summed E-state index contributed by atoms with van der Waals surface area (Å²) in [7, 11) is 0. The van der Waals surface area contributed by atoms with Crippen molar-refractivity contribution in [3.8, 4) is 16.9 Å². The number of para-hydroxylation sites is 1. The fraction of sp³-hybridized carbons (Fsp3) is 0.280. The lowest BCUT2D eigenvalue weighted by atomic mass is 9.95. The molecule has 1 saturated carbocycles. The third-order valence-corrected chi connectivity index (χ3v) is 6.00. The molecule has 2 aromatic heterocycles. The van der Waals surface area contributed by atoms with E-state index < -0.39 is 0 Å². The first kappa shape index (κ1) is 18.8. The largest absolute Gasteiger partial charge is 0.310 e. The number of aromatic nitrogens is 3. The maximum Gasteiger partial charge on any atom is 0.254 e. The minimum absolute atomic E-state index is 0.0532. The zero-order valence-corrected chi connectivity index (χ0v) is 17.0. The van der Waals surface area contributed by atoms with Crippen LogP contribution in [-0.2, 0) is 6.54 Å². The first-order valence-corrected chi connectivity index (χ1v) is 10.8. The zero-order chi connectivity index (χ0) is 20.3. The van der Waals surface area contributed by atoms with Crippen LogP contribution in [0.5, 0.6) is 0 Å². The summed E-state index contributed by atoms with van der Waals surface area (Å²) < 4.78 is 1.83. The molecule has 0 unspecified atom stereocenters. The number of aromatic amines is 1. The molecule has 4 aromatic rings. The second kappa shape index (κ2) is 8.28. The van der Waals surface area contributed by atoms with Crippen LogP contribution in [0.25, 0.3) is 28.0 Å². The molecular weight excluding hydrogens is 372 g/mol. The maximum atomic E-state index is 12.9. The summed E-state index contributed by atoms with van der Waals surface area (Å²) in [5, 5.41) is 9.45. The van der Waals surface area contributed by atoms with Crippen molar-refractivity contribution in [3.63, 3.8) is 0 Å². The van der Waals surface area contributed by atoms with Crippen molar-refractivity contribution < 1.29 is 0 Å². The minimum atomic E-state index is -0.0532. The maximum absolute atomic E-state index is 12.9. The molecule has 1 fully saturated rings. The molecule has 2 heterocycles. The Balaban J connectivity index is 1.59. The van der Waals surface area contributed by atoms with Crippen molar-refractivity contribution in [2.75, 3.05) is 0 Å². The monoisotopic (exact) mass is 398 g/mol. The van der Waals surface area contributed by atoms with Gasteiger partial charge in [-0.25, -0.2) is 4.68 Å². The molecular formula is C25H26N4O. The molecule has 30 heavy (non-hydrogen) atoms. The van der Waals surface area contributed by atoms with E-state index in [9.17, 15) is 4.79 Å². The highest BCUT2D eigenvalue weighted by atomic mass is 16.1. The standard InChI is InChI=1S/C25H26N4O/c30-25-19(17-26-20-12-6-2-7-13-20)16-22-23(18-10-4-1-5-11-18)28-29(24(22)27-25)21-14-8-3-9-15-21/h1,3-5,8-11,14-16,20,26H,2,6-7,12-13,17H2,(H,27,30). The molecule has 0 atom stereocenters. The van der Waals surface area contributed by atoms with Crippen molar-refractivity contribution >= 4 is 11.0 Å². The van der Waals surface area contributed by atoms with Crippen molar-refractivity contribution in [1.82, 2.24) is 20.1 Å². The van der Waals surface area contributed by atoms with Gasteiger partial charge in [0.25, 0.3) is 5.56 Å². The van der Waals surface area contributed by atoms with Crippen LogP contribution in [0.3, 0.4) is 0 Å². The average molecular weight is 399 g/mol. The van der Waals surface area contributed by atoms with E-state index in [4.69, 9.17) is 5.10 Å². The van der Waals surface area contributed by atoms with Gasteiger partial charge in [0.15, 0.2) is 0 Å². The molecule has 5 rings (SSSR count). The van der Waals surface area contributed by atoms with E-state index in [2.05, 4.69) is 22.4 Å². The van der Waals surface area contributed by atoms with Crippen LogP contribution in [0.1, 0.15) is 37.7 Å². The Labute approximate surface area is 175 Å². The lowest BCUT2D eigenvalue weighted by Gasteiger charge is -2.22. The number of fused-ring (bicyclic) bond motifs is 1. The zero-order valence-electron chi connectivity index (χ0n) is 17.0. The topological polar surface area (TPSA) is 62.7 Å². The first-order chi connectivity index (χ1) is 14.8. The van der Waals surface area contributed by atoms with Crippen molar-refractivity contribution in [2.45, 2.75) is 44.7 Å². The molecule has 0 radical (unpaired) electrons. The SMILES string of the molecule is O=c1[nH]c2c(cc1CNC1CCCCC1)c(-c1ccccc1)nn2-c1ccccc1. The van der Waals surface area contributed by atoms with Crippen LogP contribution in [0.4, 0.5) is 0 Å². The van der Waals surface area contributed by atoms with E-state index in [1.54, 1.807) is 0 Å². The van der Waals surface area contributed by atoms with Crippen LogP contribution in [0.2, 0.25) is 0 Å². The third-order valence-electron chi connectivity index (χ3n) is 6.00. The highest BCUT2D eigenvalue weighted by Crippen LogP contribution is 2.28. The van der Waals surface area contributed by atoms with Crippen LogP contribution < -0.4 is 10.9 Å². The van der Waals surface area contributed by atoms with Gasteiger partial charge in [-0.1, -0.05) is 67.8 Å². The van der Waals surface area contributed by atoms with Crippen LogP contribution in [0.15, 0.2) is 71.5 Å². The predicted molar refractivity (Wildman–Crippen MR) is 121 cm³/mol. The van der Waals surface area contributed by atoms with Gasteiger partial charge in [0, 0.05) is 29.1 Å². The molecule has 0 aliphatic heterocycles. The van der Waals surface area contributed by atoms with Crippen molar-refractivity contribution in [1.29, 1.82) is 0 Å². The van der Waals surface area contributed by atoms with E-state index in [0.717, 1.165) is 33.5 Å². The fourth-order valence-electron chi connectivity index (χ4n) is 4.37. The first-order valence-electron chi connectivity index (χ1n) is 10.8. The summed E-state index contributed by atoms with van der Waals surface area (Å²) in [6.45, 7) is 0.584. The van der Waals surface area contributed by atoms with E-state index in [1.165, 1.54) is 32.1 Å². The van der Waals surface area contributed by atoms with E-state index >= 15 is 0 Å². The summed E-state index contributed by atoms with van der Waals surface area (Å²) in [5.41, 5.74) is 4.28. The van der Waals surface area contributed by atoms with Gasteiger partial charge in [-0.3, -0.25) is 4.79 Å². The molecule has 1 aliphatic carbocycles. The van der Waals surface area contributed by atoms with Gasteiger partial charge in [-0.2, -0.15) is 5.10 Å². The van der Waals surface area contributed by atoms with Crippen molar-refractivity contribution in [2.24, 2.45) is 0 Å². The van der Waals surface area contributed by atoms with Crippen molar-refractivity contribution in [3.05, 3.63) is 82.6 Å². The lowest BCUT2D eigenvalue weighted by molar-refractivity contribution is 0.372. The van der Waals surface area contributed by atoms with E-state index in [0.29, 0.717) is 12.6 Å². The van der Waals surface area contributed by atoms with Crippen LogP contribution in [0, 0.1) is 0 Å². The minimum Gasteiger partial charge on any atom is -0.310 e. The summed E-state index contributed by atoms with van der Waals surface area (Å²) >= 11 is 0. The van der Waals surface area contributed by atoms with Gasteiger partial charge < -0.3 is 10.3 Å². The smallest absolute Gasteiger partial charge is 0.254 e. The molecule has 1 aliphatic rings. The molecule has 0 amide bonds. The highest BCUT2D eigenvalue weighted by molar-refractivity contribution is 5.92. The second-order valence-corrected chi connectivity index (χ2v) is 8.06. The predicted octanol–water partition coefficient (Wildman–Crippen LogP) is 4.80. The Hall–Kier alpha value is -3.18. The number of nitrogens with one attached hydrogen (secondary N) is 2. The average Bonchev–Trinajstić information content (AvgIpc) is 3.17. The Morgan fingerprint density at radius 1 is 0.967 bits per heavy atom. The summed E-state index contributed by atoms with van der Waals surface area (Å²) in [6, 6.07) is 22.6. The molecule has 0 saturated heterocycles. The quantitative estimate of drug-likeness (QED) is 0.507.